The number of hydrogen-bond acceptors (Lipinski definition) is 4. The van der Waals surface area contributed by atoms with Crippen molar-refractivity contribution in [3.8, 4) is 0 Å². The zero-order valence-corrected chi connectivity index (χ0v) is 13.3. The molecule has 20 heavy (non-hydrogen) atoms. The van der Waals surface area contributed by atoms with Crippen molar-refractivity contribution < 1.29 is 12.8 Å². The number of alkyl halides is 1. The number of sulfonamides is 1. The van der Waals surface area contributed by atoms with Crippen LogP contribution in [0.25, 0.3) is 0 Å². The van der Waals surface area contributed by atoms with E-state index in [0.29, 0.717) is 24.6 Å². The smallest absolute Gasteiger partial charge is 0.214 e. The maximum atomic E-state index is 12.4. The van der Waals surface area contributed by atoms with Crippen LogP contribution in [0.5, 0.6) is 0 Å². The molecule has 0 saturated carbocycles. The van der Waals surface area contributed by atoms with Crippen LogP contribution in [-0.4, -0.2) is 24.4 Å². The van der Waals surface area contributed by atoms with Crippen LogP contribution in [0.4, 0.5) is 0 Å². The molecular formula is C13H16ClNO3S2. The Morgan fingerprint density at radius 3 is 2.70 bits per heavy atom. The zero-order valence-electron chi connectivity index (χ0n) is 10.9. The third kappa shape index (κ3) is 4.34. The fraction of sp³-hybridized carbons (Fsp3) is 0.385. The van der Waals surface area contributed by atoms with Gasteiger partial charge in [-0.2, -0.15) is 4.31 Å². The maximum absolute atomic E-state index is 12.4. The second-order valence-electron chi connectivity index (χ2n) is 4.29. The second kappa shape index (κ2) is 7.26. The monoisotopic (exact) mass is 333 g/mol. The first-order chi connectivity index (χ1) is 9.62. The van der Waals surface area contributed by atoms with E-state index < -0.39 is 10.0 Å². The van der Waals surface area contributed by atoms with Gasteiger partial charge in [0.05, 0.1) is 18.6 Å². The topological polar surface area (TPSA) is 50.5 Å². The molecule has 4 nitrogen and oxygen atoms in total. The molecule has 0 aliphatic heterocycles. The summed E-state index contributed by atoms with van der Waals surface area (Å²) in [4.78, 5) is 1.01. The van der Waals surface area contributed by atoms with E-state index in [0.717, 1.165) is 4.88 Å². The maximum Gasteiger partial charge on any atom is 0.214 e. The molecule has 0 aliphatic rings. The van der Waals surface area contributed by atoms with Gasteiger partial charge in [-0.1, -0.05) is 6.07 Å². The second-order valence-corrected chi connectivity index (χ2v) is 7.78. The van der Waals surface area contributed by atoms with E-state index >= 15 is 0 Å². The molecule has 0 N–H and O–H groups in total. The Balaban J connectivity index is 2.14. The van der Waals surface area contributed by atoms with Crippen molar-refractivity contribution in [2.75, 3.05) is 11.6 Å². The molecule has 0 radical (unpaired) electrons. The number of nitrogens with zero attached hydrogens (tertiary/aromatic N) is 1. The average Bonchev–Trinajstić information content (AvgIpc) is 3.09. The number of halogens is 1. The molecule has 2 aromatic rings. The van der Waals surface area contributed by atoms with E-state index in [2.05, 4.69) is 0 Å². The van der Waals surface area contributed by atoms with Crippen LogP contribution < -0.4 is 0 Å². The van der Waals surface area contributed by atoms with Gasteiger partial charge in [0, 0.05) is 17.3 Å². The Hall–Kier alpha value is -0.820. The highest BCUT2D eigenvalue weighted by molar-refractivity contribution is 7.89. The molecular weight excluding hydrogens is 318 g/mol. The Morgan fingerprint density at radius 1 is 1.25 bits per heavy atom. The summed E-state index contributed by atoms with van der Waals surface area (Å²) in [5, 5.41) is 1.94. The largest absolute Gasteiger partial charge is 0.468 e. The molecule has 0 atom stereocenters. The first kappa shape index (κ1) is 15.6. The van der Waals surface area contributed by atoms with E-state index in [1.807, 2.05) is 17.5 Å². The van der Waals surface area contributed by atoms with Crippen molar-refractivity contribution >= 4 is 33.0 Å². The summed E-state index contributed by atoms with van der Waals surface area (Å²) in [7, 11) is -3.34. The summed E-state index contributed by atoms with van der Waals surface area (Å²) >= 11 is 7.14. The van der Waals surface area contributed by atoms with Gasteiger partial charge in [-0.05, 0) is 30.0 Å². The van der Waals surface area contributed by atoms with Gasteiger partial charge in [0.25, 0.3) is 0 Å². The molecule has 2 heterocycles. The normalized spacial score (nSPS) is 12.1. The number of hydrogen-bond donors (Lipinski definition) is 0. The molecule has 0 fully saturated rings. The summed E-state index contributed by atoms with van der Waals surface area (Å²) in [6, 6.07) is 7.37. The van der Waals surface area contributed by atoms with Crippen LogP contribution in [-0.2, 0) is 23.1 Å². The van der Waals surface area contributed by atoms with Crippen LogP contribution >= 0.6 is 22.9 Å². The quantitative estimate of drug-likeness (QED) is 0.696. The highest BCUT2D eigenvalue weighted by Gasteiger charge is 2.23. The highest BCUT2D eigenvalue weighted by atomic mass is 35.5. The van der Waals surface area contributed by atoms with Crippen LogP contribution in [0.1, 0.15) is 17.1 Å². The van der Waals surface area contributed by atoms with Crippen molar-refractivity contribution in [3.05, 3.63) is 46.5 Å². The average molecular weight is 334 g/mol. The Bertz CT molecular complexity index is 557. The molecule has 110 valence electrons. The zero-order chi connectivity index (χ0) is 14.4. The highest BCUT2D eigenvalue weighted by Crippen LogP contribution is 2.18. The molecule has 0 saturated heterocycles. The molecule has 2 aromatic heterocycles. The minimum absolute atomic E-state index is 0.0581. The van der Waals surface area contributed by atoms with Crippen molar-refractivity contribution in [2.24, 2.45) is 0 Å². The van der Waals surface area contributed by atoms with Crippen molar-refractivity contribution in [3.63, 3.8) is 0 Å². The molecule has 2 rings (SSSR count). The predicted octanol–water partition coefficient (Wildman–Crippen LogP) is 3.30. The van der Waals surface area contributed by atoms with Crippen molar-refractivity contribution in [2.45, 2.75) is 19.5 Å². The van der Waals surface area contributed by atoms with E-state index in [1.54, 1.807) is 29.7 Å². The number of rotatable bonds is 8. The van der Waals surface area contributed by atoms with Crippen LogP contribution in [0.15, 0.2) is 40.3 Å². The van der Waals surface area contributed by atoms with Gasteiger partial charge in [0.1, 0.15) is 5.76 Å². The lowest BCUT2D eigenvalue weighted by atomic mass is 10.4. The van der Waals surface area contributed by atoms with Gasteiger partial charge in [-0.3, -0.25) is 0 Å². The number of thiophene rings is 1. The number of furan rings is 1. The van der Waals surface area contributed by atoms with Gasteiger partial charge >= 0.3 is 0 Å². The van der Waals surface area contributed by atoms with Crippen LogP contribution in [0, 0.1) is 0 Å². The lowest BCUT2D eigenvalue weighted by Crippen LogP contribution is -2.32. The minimum Gasteiger partial charge on any atom is -0.468 e. The fourth-order valence-electron chi connectivity index (χ4n) is 1.77. The van der Waals surface area contributed by atoms with Gasteiger partial charge < -0.3 is 4.42 Å². The summed E-state index contributed by atoms with van der Waals surface area (Å²) in [6.07, 6.45) is 1.99. The SMILES string of the molecule is O=S(=O)(CCCCl)N(Cc1ccco1)Cc1cccs1. The summed E-state index contributed by atoms with van der Waals surface area (Å²) in [6.45, 7) is 0.610. The summed E-state index contributed by atoms with van der Waals surface area (Å²) < 4.78 is 31.4. The molecule has 0 aliphatic carbocycles. The third-order valence-corrected chi connectivity index (χ3v) is 5.73. The van der Waals surface area contributed by atoms with E-state index in [4.69, 9.17) is 16.0 Å². The fourth-order valence-corrected chi connectivity index (χ4v) is 4.29. The molecule has 0 bridgehead atoms. The molecule has 0 amide bonds. The summed E-state index contributed by atoms with van der Waals surface area (Å²) in [5.74, 6) is 1.03. The third-order valence-electron chi connectivity index (χ3n) is 2.75. The lowest BCUT2D eigenvalue weighted by Gasteiger charge is -2.20. The first-order valence-corrected chi connectivity index (χ1v) is 9.23. The molecule has 0 spiro atoms. The molecule has 0 aromatic carbocycles. The van der Waals surface area contributed by atoms with E-state index in [9.17, 15) is 8.42 Å². The van der Waals surface area contributed by atoms with Crippen LogP contribution in [0.3, 0.4) is 0 Å². The standard InChI is InChI=1S/C13H16ClNO3S2/c14-6-3-9-20(16,17)15(10-12-4-1-7-18-12)11-13-5-2-8-19-13/h1-2,4-5,7-8H,3,6,9-11H2. The van der Waals surface area contributed by atoms with E-state index in [-0.39, 0.29) is 12.3 Å². The Morgan fingerprint density at radius 2 is 2.10 bits per heavy atom. The predicted molar refractivity (Wildman–Crippen MR) is 81.4 cm³/mol. The summed E-state index contributed by atoms with van der Waals surface area (Å²) in [5.41, 5.74) is 0. The minimum atomic E-state index is -3.34. The Kier molecular flexibility index (Phi) is 5.65. The lowest BCUT2D eigenvalue weighted by molar-refractivity contribution is 0.360. The Labute approximate surface area is 128 Å². The van der Waals surface area contributed by atoms with Gasteiger partial charge in [0.2, 0.25) is 10.0 Å². The van der Waals surface area contributed by atoms with Crippen molar-refractivity contribution in [1.82, 2.24) is 4.31 Å². The van der Waals surface area contributed by atoms with E-state index in [1.165, 1.54) is 4.31 Å². The van der Waals surface area contributed by atoms with Crippen molar-refractivity contribution in [1.29, 1.82) is 0 Å². The van der Waals surface area contributed by atoms with Gasteiger partial charge in [0.15, 0.2) is 0 Å². The molecule has 7 heteroatoms. The first-order valence-electron chi connectivity index (χ1n) is 6.20. The molecule has 0 unspecified atom stereocenters. The van der Waals surface area contributed by atoms with Gasteiger partial charge in [-0.15, -0.1) is 22.9 Å². The van der Waals surface area contributed by atoms with Crippen LogP contribution in [0.2, 0.25) is 0 Å². The van der Waals surface area contributed by atoms with Gasteiger partial charge in [-0.25, -0.2) is 8.42 Å².